The first kappa shape index (κ1) is 14.0. The van der Waals surface area contributed by atoms with Gasteiger partial charge in [0.05, 0.1) is 25.1 Å². The number of hydrogen-bond acceptors (Lipinski definition) is 5. The minimum Gasteiger partial charge on any atom is -0.493 e. The number of ether oxygens (including phenoxy) is 3. The third-order valence-electron chi connectivity index (χ3n) is 3.32. The second-order valence-corrected chi connectivity index (χ2v) is 4.68. The van der Waals surface area contributed by atoms with E-state index < -0.39 is 0 Å². The van der Waals surface area contributed by atoms with Crippen molar-refractivity contribution in [3.8, 4) is 23.0 Å². The lowest BCUT2D eigenvalue weighted by Gasteiger charge is -2.14. The Morgan fingerprint density at radius 1 is 0.864 bits per heavy atom. The quantitative estimate of drug-likeness (QED) is 0.745. The molecule has 0 unspecified atom stereocenters. The highest BCUT2D eigenvalue weighted by Gasteiger charge is 2.15. The van der Waals surface area contributed by atoms with Gasteiger partial charge >= 0.3 is 0 Å². The van der Waals surface area contributed by atoms with Crippen molar-refractivity contribution in [3.05, 3.63) is 48.7 Å². The summed E-state index contributed by atoms with van der Waals surface area (Å²) in [6, 6.07) is 12.7. The van der Waals surface area contributed by atoms with Gasteiger partial charge in [0.25, 0.3) is 0 Å². The van der Waals surface area contributed by atoms with E-state index in [4.69, 9.17) is 19.9 Å². The lowest BCUT2D eigenvalue weighted by atomic mass is 10.1. The van der Waals surface area contributed by atoms with Gasteiger partial charge in [0.1, 0.15) is 11.5 Å². The molecular formula is C17H16N2O3. The Labute approximate surface area is 128 Å². The molecule has 0 bridgehead atoms. The molecule has 3 rings (SSSR count). The minimum atomic E-state index is 0.596. The van der Waals surface area contributed by atoms with Crippen molar-refractivity contribution >= 4 is 16.6 Å². The van der Waals surface area contributed by atoms with Crippen molar-refractivity contribution in [2.24, 2.45) is 0 Å². The summed E-state index contributed by atoms with van der Waals surface area (Å²) in [6.45, 7) is 0. The van der Waals surface area contributed by atoms with Gasteiger partial charge in [-0.3, -0.25) is 4.98 Å². The van der Waals surface area contributed by atoms with Gasteiger partial charge in [-0.05, 0) is 42.5 Å². The minimum absolute atomic E-state index is 0.596. The summed E-state index contributed by atoms with van der Waals surface area (Å²) in [7, 11) is 3.19. The van der Waals surface area contributed by atoms with Crippen molar-refractivity contribution in [1.29, 1.82) is 0 Å². The van der Waals surface area contributed by atoms with Crippen molar-refractivity contribution < 1.29 is 14.2 Å². The first-order valence-electron chi connectivity index (χ1n) is 6.76. The molecule has 3 aromatic rings. The molecule has 0 aliphatic heterocycles. The Balaban J connectivity index is 2.14. The van der Waals surface area contributed by atoms with E-state index in [-0.39, 0.29) is 0 Å². The van der Waals surface area contributed by atoms with Crippen LogP contribution in [0.15, 0.2) is 48.7 Å². The lowest BCUT2D eigenvalue weighted by molar-refractivity contribution is 0.357. The van der Waals surface area contributed by atoms with Crippen LogP contribution in [0.4, 0.5) is 5.69 Å². The molecule has 0 saturated carbocycles. The summed E-state index contributed by atoms with van der Waals surface area (Å²) >= 11 is 0. The SMILES string of the molecule is COc1ccc2nccc(Oc3ccc(N)cc3)c2c1OC. The van der Waals surface area contributed by atoms with E-state index >= 15 is 0 Å². The van der Waals surface area contributed by atoms with Gasteiger partial charge in [0.2, 0.25) is 0 Å². The maximum atomic E-state index is 5.96. The molecule has 2 aromatic carbocycles. The van der Waals surface area contributed by atoms with Gasteiger partial charge in [-0.15, -0.1) is 0 Å². The van der Waals surface area contributed by atoms with Crippen LogP contribution in [0.25, 0.3) is 10.9 Å². The molecule has 0 spiro atoms. The molecule has 1 heterocycles. The molecule has 5 heteroatoms. The predicted octanol–water partition coefficient (Wildman–Crippen LogP) is 3.63. The summed E-state index contributed by atoms with van der Waals surface area (Å²) in [5, 5.41) is 0.765. The lowest BCUT2D eigenvalue weighted by Crippen LogP contribution is -1.95. The number of nitrogen functional groups attached to an aromatic ring is 1. The first-order chi connectivity index (χ1) is 10.7. The van der Waals surface area contributed by atoms with E-state index in [0.717, 1.165) is 10.9 Å². The number of fused-ring (bicyclic) bond motifs is 1. The summed E-state index contributed by atoms with van der Waals surface area (Å²) < 4.78 is 16.8. The van der Waals surface area contributed by atoms with E-state index in [1.165, 1.54) is 0 Å². The zero-order chi connectivity index (χ0) is 15.5. The monoisotopic (exact) mass is 296 g/mol. The maximum Gasteiger partial charge on any atom is 0.173 e. The fourth-order valence-corrected chi connectivity index (χ4v) is 2.28. The Morgan fingerprint density at radius 3 is 2.32 bits per heavy atom. The van der Waals surface area contributed by atoms with E-state index in [2.05, 4.69) is 4.98 Å². The normalized spacial score (nSPS) is 10.5. The number of rotatable bonds is 4. The van der Waals surface area contributed by atoms with Crippen molar-refractivity contribution in [2.75, 3.05) is 20.0 Å². The summed E-state index contributed by atoms with van der Waals surface area (Å²) in [5.41, 5.74) is 7.15. The molecule has 0 amide bonds. The van der Waals surface area contributed by atoms with Crippen molar-refractivity contribution in [1.82, 2.24) is 4.98 Å². The van der Waals surface area contributed by atoms with Crippen LogP contribution >= 0.6 is 0 Å². The standard InChI is InChI=1S/C17H16N2O3/c1-20-15-8-7-13-16(17(15)21-2)14(9-10-19-13)22-12-5-3-11(18)4-6-12/h3-10H,18H2,1-2H3. The Kier molecular flexibility index (Phi) is 3.70. The second kappa shape index (κ2) is 5.81. The number of pyridine rings is 1. The van der Waals surface area contributed by atoms with Gasteiger partial charge in [-0.25, -0.2) is 0 Å². The summed E-state index contributed by atoms with van der Waals surface area (Å²) in [5.74, 6) is 2.56. The zero-order valence-corrected chi connectivity index (χ0v) is 12.4. The molecule has 1 aromatic heterocycles. The number of hydrogen-bond donors (Lipinski definition) is 1. The maximum absolute atomic E-state index is 5.96. The van der Waals surface area contributed by atoms with Crippen molar-refractivity contribution in [3.63, 3.8) is 0 Å². The van der Waals surface area contributed by atoms with Crippen LogP contribution in [-0.4, -0.2) is 19.2 Å². The molecule has 2 N–H and O–H groups in total. The van der Waals surface area contributed by atoms with E-state index in [0.29, 0.717) is 28.7 Å². The first-order valence-corrected chi connectivity index (χ1v) is 6.76. The number of anilines is 1. The number of aromatic nitrogens is 1. The van der Waals surface area contributed by atoms with Gasteiger partial charge in [0, 0.05) is 11.9 Å². The molecule has 0 saturated heterocycles. The molecule has 5 nitrogen and oxygen atoms in total. The fraction of sp³-hybridized carbons (Fsp3) is 0.118. The molecule has 0 radical (unpaired) electrons. The highest BCUT2D eigenvalue weighted by molar-refractivity contribution is 5.93. The molecule has 0 fully saturated rings. The summed E-state index contributed by atoms with van der Waals surface area (Å²) in [4.78, 5) is 4.35. The fourth-order valence-electron chi connectivity index (χ4n) is 2.28. The van der Waals surface area contributed by atoms with Crippen LogP contribution < -0.4 is 19.9 Å². The Hall–Kier alpha value is -2.95. The van der Waals surface area contributed by atoms with Gasteiger partial charge in [0.15, 0.2) is 11.5 Å². The molecule has 112 valence electrons. The van der Waals surface area contributed by atoms with Gasteiger partial charge in [-0.2, -0.15) is 0 Å². The second-order valence-electron chi connectivity index (χ2n) is 4.68. The predicted molar refractivity (Wildman–Crippen MR) is 85.8 cm³/mol. The van der Waals surface area contributed by atoms with Crippen molar-refractivity contribution in [2.45, 2.75) is 0 Å². The van der Waals surface area contributed by atoms with Gasteiger partial charge in [-0.1, -0.05) is 0 Å². The van der Waals surface area contributed by atoms with Crippen LogP contribution in [0.3, 0.4) is 0 Å². The Morgan fingerprint density at radius 2 is 1.64 bits per heavy atom. The van der Waals surface area contributed by atoms with Crippen LogP contribution in [0.2, 0.25) is 0 Å². The smallest absolute Gasteiger partial charge is 0.173 e. The van der Waals surface area contributed by atoms with Gasteiger partial charge < -0.3 is 19.9 Å². The van der Waals surface area contributed by atoms with Crippen LogP contribution in [-0.2, 0) is 0 Å². The molecule has 0 aliphatic carbocycles. The molecule has 0 atom stereocenters. The van der Waals surface area contributed by atoms with Crippen LogP contribution in [0, 0.1) is 0 Å². The number of nitrogens with zero attached hydrogens (tertiary/aromatic N) is 1. The zero-order valence-electron chi connectivity index (χ0n) is 12.4. The highest BCUT2D eigenvalue weighted by atomic mass is 16.5. The van der Waals surface area contributed by atoms with E-state index in [9.17, 15) is 0 Å². The van der Waals surface area contributed by atoms with E-state index in [1.54, 1.807) is 38.6 Å². The largest absolute Gasteiger partial charge is 0.493 e. The van der Waals surface area contributed by atoms with Crippen LogP contribution in [0.5, 0.6) is 23.0 Å². The third kappa shape index (κ3) is 2.48. The number of benzene rings is 2. The molecule has 22 heavy (non-hydrogen) atoms. The molecular weight excluding hydrogens is 280 g/mol. The van der Waals surface area contributed by atoms with E-state index in [1.807, 2.05) is 24.3 Å². The third-order valence-corrected chi connectivity index (χ3v) is 3.32. The average Bonchev–Trinajstić information content (AvgIpc) is 2.56. The number of methoxy groups -OCH3 is 2. The molecule has 0 aliphatic rings. The highest BCUT2D eigenvalue weighted by Crippen LogP contribution is 2.41. The number of nitrogens with two attached hydrogens (primary N) is 1. The topological polar surface area (TPSA) is 66.6 Å². The Bertz CT molecular complexity index is 801. The van der Waals surface area contributed by atoms with Crippen LogP contribution in [0.1, 0.15) is 0 Å². The summed E-state index contributed by atoms with van der Waals surface area (Å²) in [6.07, 6.45) is 1.70. The average molecular weight is 296 g/mol.